The molecule has 4 heteroatoms. The zero-order chi connectivity index (χ0) is 13.5. The molecule has 0 bridgehead atoms. The highest BCUT2D eigenvalue weighted by molar-refractivity contribution is 5.96. The Morgan fingerprint density at radius 3 is 2.37 bits per heavy atom. The topological polar surface area (TPSA) is 67.8 Å². The molecule has 1 aliphatic rings. The molecule has 1 aromatic rings. The number of hydrogen-bond acceptors (Lipinski definition) is 3. The lowest BCUT2D eigenvalue weighted by molar-refractivity contribution is 0.0310. The van der Waals surface area contributed by atoms with Crippen LogP contribution in [0.3, 0.4) is 0 Å². The zero-order valence-corrected chi connectivity index (χ0v) is 11.2. The molecule has 0 unspecified atom stereocenters. The van der Waals surface area contributed by atoms with Gasteiger partial charge < -0.3 is 15.7 Å². The van der Waals surface area contributed by atoms with Gasteiger partial charge >= 0.3 is 0 Å². The summed E-state index contributed by atoms with van der Waals surface area (Å²) in [5.74, 6) is 0.135. The van der Waals surface area contributed by atoms with Crippen LogP contribution in [0.25, 0.3) is 0 Å². The van der Waals surface area contributed by atoms with Crippen molar-refractivity contribution in [2.45, 2.75) is 51.2 Å². The van der Waals surface area contributed by atoms with E-state index in [1.165, 1.54) is 38.5 Å². The molecule has 0 radical (unpaired) electrons. The summed E-state index contributed by atoms with van der Waals surface area (Å²) in [5, 5.41) is 11.6. The highest BCUT2D eigenvalue weighted by atomic mass is 16.5. The van der Waals surface area contributed by atoms with E-state index in [-0.39, 0.29) is 5.84 Å². The van der Waals surface area contributed by atoms with Crippen LogP contribution < -0.4 is 5.73 Å². The normalized spacial score (nSPS) is 18.2. The van der Waals surface area contributed by atoms with Crippen molar-refractivity contribution < 1.29 is 9.94 Å². The van der Waals surface area contributed by atoms with Crippen LogP contribution in [-0.2, 0) is 11.3 Å². The van der Waals surface area contributed by atoms with Gasteiger partial charge in [0.1, 0.15) is 0 Å². The Morgan fingerprint density at radius 2 is 1.79 bits per heavy atom. The molecule has 0 aliphatic heterocycles. The minimum absolute atomic E-state index is 0.135. The molecule has 0 heterocycles. The first-order valence-corrected chi connectivity index (χ1v) is 6.98. The third-order valence-corrected chi connectivity index (χ3v) is 3.65. The quantitative estimate of drug-likeness (QED) is 0.288. The maximum absolute atomic E-state index is 8.60. The first-order chi connectivity index (χ1) is 9.29. The highest BCUT2D eigenvalue weighted by Gasteiger charge is 2.12. The Kier molecular flexibility index (Phi) is 5.21. The first kappa shape index (κ1) is 13.9. The molecule has 0 saturated heterocycles. The van der Waals surface area contributed by atoms with Gasteiger partial charge in [0, 0.05) is 5.56 Å². The summed E-state index contributed by atoms with van der Waals surface area (Å²) in [6.07, 6.45) is 8.03. The number of oxime groups is 1. The predicted octanol–water partition coefficient (Wildman–Crippen LogP) is 3.02. The second-order valence-electron chi connectivity index (χ2n) is 5.11. The Morgan fingerprint density at radius 1 is 1.16 bits per heavy atom. The molecule has 0 aromatic heterocycles. The fourth-order valence-corrected chi connectivity index (χ4v) is 2.45. The second kappa shape index (κ2) is 7.14. The van der Waals surface area contributed by atoms with Gasteiger partial charge in [0.15, 0.2) is 5.84 Å². The summed E-state index contributed by atoms with van der Waals surface area (Å²) in [4.78, 5) is 0. The van der Waals surface area contributed by atoms with E-state index in [1.54, 1.807) is 0 Å². The Hall–Kier alpha value is -1.55. The predicted molar refractivity (Wildman–Crippen MR) is 75.2 cm³/mol. The van der Waals surface area contributed by atoms with Crippen LogP contribution in [-0.4, -0.2) is 17.1 Å². The molecular weight excluding hydrogens is 240 g/mol. The smallest absolute Gasteiger partial charge is 0.170 e. The van der Waals surface area contributed by atoms with Crippen LogP contribution in [0.5, 0.6) is 0 Å². The van der Waals surface area contributed by atoms with Crippen molar-refractivity contribution in [2.24, 2.45) is 10.9 Å². The van der Waals surface area contributed by atoms with Crippen LogP contribution in [0.15, 0.2) is 29.4 Å². The van der Waals surface area contributed by atoms with E-state index < -0.39 is 0 Å². The number of nitrogens with two attached hydrogens (primary N) is 1. The van der Waals surface area contributed by atoms with Gasteiger partial charge in [0.05, 0.1) is 12.7 Å². The summed E-state index contributed by atoms with van der Waals surface area (Å²) in [5.41, 5.74) is 7.37. The summed E-state index contributed by atoms with van der Waals surface area (Å²) in [7, 11) is 0. The SMILES string of the molecule is N/C(=N/O)c1ccc(COC2CCCCCC2)cc1. The van der Waals surface area contributed by atoms with E-state index in [0.29, 0.717) is 12.7 Å². The van der Waals surface area contributed by atoms with Crippen molar-refractivity contribution in [3.8, 4) is 0 Å². The van der Waals surface area contributed by atoms with Crippen molar-refractivity contribution in [1.29, 1.82) is 0 Å². The van der Waals surface area contributed by atoms with Gasteiger partial charge in [-0.3, -0.25) is 0 Å². The summed E-state index contributed by atoms with van der Waals surface area (Å²) >= 11 is 0. The Bertz CT molecular complexity index is 407. The summed E-state index contributed by atoms with van der Waals surface area (Å²) in [6.45, 7) is 0.640. The average Bonchev–Trinajstić information content (AvgIpc) is 2.73. The lowest BCUT2D eigenvalue weighted by Gasteiger charge is -2.15. The molecule has 104 valence electrons. The number of nitrogens with zero attached hydrogens (tertiary/aromatic N) is 1. The van der Waals surface area contributed by atoms with E-state index in [1.807, 2.05) is 24.3 Å². The molecular formula is C15H22N2O2. The lowest BCUT2D eigenvalue weighted by Crippen LogP contribution is -2.13. The zero-order valence-electron chi connectivity index (χ0n) is 11.2. The second-order valence-corrected chi connectivity index (χ2v) is 5.11. The average molecular weight is 262 g/mol. The molecule has 4 nitrogen and oxygen atoms in total. The standard InChI is InChI=1S/C15H22N2O2/c16-15(17-18)13-9-7-12(8-10-13)11-19-14-5-3-1-2-4-6-14/h7-10,14,18H,1-6,11H2,(H2,16,17). The fourth-order valence-electron chi connectivity index (χ4n) is 2.45. The van der Waals surface area contributed by atoms with Gasteiger partial charge in [-0.05, 0) is 18.4 Å². The molecule has 1 aromatic carbocycles. The van der Waals surface area contributed by atoms with Gasteiger partial charge in [-0.2, -0.15) is 0 Å². The van der Waals surface area contributed by atoms with Crippen molar-refractivity contribution in [2.75, 3.05) is 0 Å². The van der Waals surface area contributed by atoms with Gasteiger partial charge in [-0.15, -0.1) is 0 Å². The number of amidine groups is 1. The van der Waals surface area contributed by atoms with Crippen LogP contribution >= 0.6 is 0 Å². The van der Waals surface area contributed by atoms with Gasteiger partial charge in [-0.25, -0.2) is 0 Å². The number of benzene rings is 1. The van der Waals surface area contributed by atoms with Crippen molar-refractivity contribution in [1.82, 2.24) is 0 Å². The van der Waals surface area contributed by atoms with Crippen molar-refractivity contribution in [3.63, 3.8) is 0 Å². The molecule has 0 amide bonds. The third kappa shape index (κ3) is 4.24. The minimum Gasteiger partial charge on any atom is -0.409 e. The van der Waals surface area contributed by atoms with Crippen LogP contribution in [0, 0.1) is 0 Å². The van der Waals surface area contributed by atoms with E-state index in [2.05, 4.69) is 5.16 Å². The van der Waals surface area contributed by atoms with Gasteiger partial charge in [-0.1, -0.05) is 55.1 Å². The molecule has 2 rings (SSSR count). The highest BCUT2D eigenvalue weighted by Crippen LogP contribution is 2.20. The Balaban J connectivity index is 1.85. The Labute approximate surface area is 114 Å². The van der Waals surface area contributed by atoms with E-state index in [4.69, 9.17) is 15.7 Å². The number of hydrogen-bond donors (Lipinski definition) is 2. The maximum Gasteiger partial charge on any atom is 0.170 e. The molecule has 0 spiro atoms. The summed E-state index contributed by atoms with van der Waals surface area (Å²) < 4.78 is 5.96. The molecule has 1 aliphatic carbocycles. The van der Waals surface area contributed by atoms with E-state index in [0.717, 1.165) is 11.1 Å². The number of rotatable bonds is 4. The molecule has 3 N–H and O–H groups in total. The summed E-state index contributed by atoms with van der Waals surface area (Å²) in [6, 6.07) is 7.62. The van der Waals surface area contributed by atoms with E-state index >= 15 is 0 Å². The molecule has 19 heavy (non-hydrogen) atoms. The molecule has 1 saturated carbocycles. The van der Waals surface area contributed by atoms with Crippen molar-refractivity contribution >= 4 is 5.84 Å². The molecule has 0 atom stereocenters. The number of ether oxygens (including phenoxy) is 1. The third-order valence-electron chi connectivity index (χ3n) is 3.65. The first-order valence-electron chi connectivity index (χ1n) is 6.98. The molecule has 1 fully saturated rings. The van der Waals surface area contributed by atoms with Crippen molar-refractivity contribution in [3.05, 3.63) is 35.4 Å². The van der Waals surface area contributed by atoms with Crippen LogP contribution in [0.2, 0.25) is 0 Å². The maximum atomic E-state index is 8.60. The van der Waals surface area contributed by atoms with Crippen LogP contribution in [0.1, 0.15) is 49.7 Å². The van der Waals surface area contributed by atoms with Gasteiger partial charge in [0.2, 0.25) is 0 Å². The monoisotopic (exact) mass is 262 g/mol. The van der Waals surface area contributed by atoms with Gasteiger partial charge in [0.25, 0.3) is 0 Å². The van der Waals surface area contributed by atoms with Crippen LogP contribution in [0.4, 0.5) is 0 Å². The van der Waals surface area contributed by atoms with E-state index in [9.17, 15) is 0 Å². The fraction of sp³-hybridized carbons (Fsp3) is 0.533. The minimum atomic E-state index is 0.135. The largest absolute Gasteiger partial charge is 0.409 e. The lowest BCUT2D eigenvalue weighted by atomic mass is 10.1.